The Hall–Kier alpha value is -2.96. The zero-order chi connectivity index (χ0) is 21.5. The van der Waals surface area contributed by atoms with Crippen molar-refractivity contribution in [2.75, 3.05) is 0 Å². The Labute approximate surface area is 181 Å². The summed E-state index contributed by atoms with van der Waals surface area (Å²) in [6.07, 6.45) is 1.02. The molecule has 0 radical (unpaired) electrons. The second kappa shape index (κ2) is 10.2. The third-order valence-electron chi connectivity index (χ3n) is 4.76. The van der Waals surface area contributed by atoms with Crippen molar-refractivity contribution >= 4 is 23.3 Å². The normalized spacial score (nSPS) is 13.0. The van der Waals surface area contributed by atoms with Crippen LogP contribution < -0.4 is 16.4 Å². The van der Waals surface area contributed by atoms with Gasteiger partial charge in [-0.15, -0.1) is 11.3 Å². The maximum Gasteiger partial charge on any atom is 0.318 e. The van der Waals surface area contributed by atoms with E-state index in [1.54, 1.807) is 11.3 Å². The number of nitrogens with two attached hydrogens (primary N) is 1. The molecule has 1 aromatic heterocycles. The molecule has 3 amide bonds. The molecule has 0 fully saturated rings. The van der Waals surface area contributed by atoms with Crippen LogP contribution in [0.5, 0.6) is 0 Å². The zero-order valence-corrected chi connectivity index (χ0v) is 18.0. The minimum Gasteiger partial charge on any atom is -0.351 e. The molecule has 6 heteroatoms. The largest absolute Gasteiger partial charge is 0.351 e. The predicted molar refractivity (Wildman–Crippen MR) is 121 cm³/mol. The summed E-state index contributed by atoms with van der Waals surface area (Å²) < 4.78 is 0. The number of rotatable bonds is 8. The van der Waals surface area contributed by atoms with E-state index in [9.17, 15) is 9.59 Å². The molecular weight excluding hydrogens is 394 g/mol. The lowest BCUT2D eigenvalue weighted by Crippen LogP contribution is -2.44. The van der Waals surface area contributed by atoms with Gasteiger partial charge in [-0.3, -0.25) is 15.4 Å². The van der Waals surface area contributed by atoms with Crippen molar-refractivity contribution in [3.63, 3.8) is 0 Å². The van der Waals surface area contributed by atoms with E-state index in [1.807, 2.05) is 47.8 Å². The Morgan fingerprint density at radius 1 is 0.933 bits per heavy atom. The Kier molecular flexibility index (Phi) is 7.38. The maximum absolute atomic E-state index is 12.8. The van der Waals surface area contributed by atoms with Crippen molar-refractivity contribution < 1.29 is 9.59 Å². The van der Waals surface area contributed by atoms with Crippen molar-refractivity contribution in [3.8, 4) is 0 Å². The third-order valence-corrected chi connectivity index (χ3v) is 5.70. The van der Waals surface area contributed by atoms with Crippen LogP contribution >= 0.6 is 11.3 Å². The number of primary amides is 1. The highest BCUT2D eigenvalue weighted by Crippen LogP contribution is 2.30. The van der Waals surface area contributed by atoms with E-state index in [1.165, 1.54) is 5.56 Å². The lowest BCUT2D eigenvalue weighted by Gasteiger charge is -2.25. The number of amides is 3. The summed E-state index contributed by atoms with van der Waals surface area (Å²) in [6.45, 7) is 4.40. The molecular formula is C24H27N3O2S. The first-order chi connectivity index (χ1) is 14.4. The maximum atomic E-state index is 12.8. The van der Waals surface area contributed by atoms with Gasteiger partial charge in [0.15, 0.2) is 0 Å². The van der Waals surface area contributed by atoms with Crippen LogP contribution in [0.1, 0.15) is 47.5 Å². The fourth-order valence-corrected chi connectivity index (χ4v) is 4.26. The fraction of sp³-hybridized carbons (Fsp3) is 0.250. The molecule has 5 nitrogen and oxygen atoms in total. The van der Waals surface area contributed by atoms with E-state index in [2.05, 4.69) is 48.7 Å². The Morgan fingerprint density at radius 3 is 2.20 bits per heavy atom. The molecule has 3 aromatic rings. The molecule has 0 spiro atoms. The van der Waals surface area contributed by atoms with Crippen molar-refractivity contribution in [1.29, 1.82) is 0 Å². The Balaban J connectivity index is 1.94. The smallest absolute Gasteiger partial charge is 0.318 e. The number of hydrogen-bond donors (Lipinski definition) is 3. The van der Waals surface area contributed by atoms with E-state index in [0.29, 0.717) is 5.92 Å². The fourth-order valence-electron chi connectivity index (χ4n) is 3.44. The number of thiophene rings is 1. The average molecular weight is 422 g/mol. The Bertz CT molecular complexity index is 954. The van der Waals surface area contributed by atoms with E-state index in [0.717, 1.165) is 22.4 Å². The van der Waals surface area contributed by atoms with Crippen molar-refractivity contribution in [2.45, 2.75) is 32.4 Å². The quantitative estimate of drug-likeness (QED) is 0.498. The van der Waals surface area contributed by atoms with Crippen LogP contribution in [-0.4, -0.2) is 11.9 Å². The molecule has 156 valence electrons. The van der Waals surface area contributed by atoms with E-state index >= 15 is 0 Å². The van der Waals surface area contributed by atoms with Crippen LogP contribution in [0.25, 0.3) is 0 Å². The van der Waals surface area contributed by atoms with E-state index < -0.39 is 18.0 Å². The number of hydrogen-bond acceptors (Lipinski definition) is 4. The molecule has 4 N–H and O–H groups in total. The van der Waals surface area contributed by atoms with Gasteiger partial charge in [-0.25, -0.2) is 4.79 Å². The summed E-state index contributed by atoms with van der Waals surface area (Å²) in [4.78, 5) is 25.2. The first-order valence-electron chi connectivity index (χ1n) is 9.97. The van der Waals surface area contributed by atoms with Crippen LogP contribution in [0.2, 0.25) is 0 Å². The van der Waals surface area contributed by atoms with Crippen LogP contribution in [-0.2, 0) is 11.2 Å². The molecule has 0 aliphatic carbocycles. The van der Waals surface area contributed by atoms with Gasteiger partial charge in [0.1, 0.15) is 6.04 Å². The highest BCUT2D eigenvalue weighted by molar-refractivity contribution is 7.10. The summed E-state index contributed by atoms with van der Waals surface area (Å²) >= 11 is 1.62. The summed E-state index contributed by atoms with van der Waals surface area (Å²) in [6, 6.07) is 20.0. The predicted octanol–water partition coefficient (Wildman–Crippen LogP) is 4.56. The van der Waals surface area contributed by atoms with E-state index in [4.69, 9.17) is 5.73 Å². The van der Waals surface area contributed by atoms with Gasteiger partial charge in [-0.2, -0.15) is 0 Å². The summed E-state index contributed by atoms with van der Waals surface area (Å²) in [5, 5.41) is 7.67. The number of imide groups is 1. The number of nitrogens with one attached hydrogen (secondary N) is 2. The van der Waals surface area contributed by atoms with Gasteiger partial charge < -0.3 is 5.73 Å². The lowest BCUT2D eigenvalue weighted by atomic mass is 9.97. The molecule has 0 saturated carbocycles. The molecule has 0 unspecified atom stereocenters. The third kappa shape index (κ3) is 5.78. The molecule has 30 heavy (non-hydrogen) atoms. The molecule has 2 atom stereocenters. The van der Waals surface area contributed by atoms with Crippen molar-refractivity contribution in [1.82, 2.24) is 10.6 Å². The van der Waals surface area contributed by atoms with Gasteiger partial charge in [0.05, 0.1) is 6.04 Å². The molecule has 0 saturated heterocycles. The van der Waals surface area contributed by atoms with Gasteiger partial charge in [0, 0.05) is 4.88 Å². The molecule has 0 bridgehead atoms. The topological polar surface area (TPSA) is 84.2 Å². The monoisotopic (exact) mass is 421 g/mol. The van der Waals surface area contributed by atoms with Crippen LogP contribution in [0, 0.1) is 5.92 Å². The van der Waals surface area contributed by atoms with Gasteiger partial charge in [-0.1, -0.05) is 74.5 Å². The minimum atomic E-state index is -0.867. The highest BCUT2D eigenvalue weighted by Gasteiger charge is 2.27. The highest BCUT2D eigenvalue weighted by atomic mass is 32.1. The first kappa shape index (κ1) is 21.7. The molecule has 0 aliphatic heterocycles. The number of carbonyl (C=O) groups is 2. The van der Waals surface area contributed by atoms with Crippen LogP contribution in [0.15, 0.2) is 72.1 Å². The zero-order valence-electron chi connectivity index (χ0n) is 17.2. The number of carbonyl (C=O) groups excluding carboxylic acids is 2. The van der Waals surface area contributed by atoms with Gasteiger partial charge in [-0.05, 0) is 40.5 Å². The molecule has 1 heterocycles. The number of benzene rings is 2. The number of urea groups is 1. The van der Waals surface area contributed by atoms with Crippen molar-refractivity contribution in [3.05, 3.63) is 93.7 Å². The lowest BCUT2D eigenvalue weighted by molar-refractivity contribution is -0.122. The SMILES string of the molecule is CC(C)Cc1ccc([C@@H](N[C@@H](C(=O)NC(N)=O)c2ccccc2)c2cccs2)cc1. The van der Waals surface area contributed by atoms with Crippen LogP contribution in [0.4, 0.5) is 4.79 Å². The van der Waals surface area contributed by atoms with E-state index in [-0.39, 0.29) is 6.04 Å². The average Bonchev–Trinajstić information content (AvgIpc) is 3.24. The molecule has 3 rings (SSSR count). The second-order valence-electron chi connectivity index (χ2n) is 7.65. The van der Waals surface area contributed by atoms with Gasteiger partial charge in [0.25, 0.3) is 0 Å². The second-order valence-corrected chi connectivity index (χ2v) is 8.63. The standard InChI is InChI=1S/C24H27N3O2S/c1-16(2)15-17-10-12-19(13-11-17)21(20-9-6-14-30-20)26-22(23(28)27-24(25)29)18-7-4-3-5-8-18/h3-14,16,21-22,26H,15H2,1-2H3,(H3,25,27,28,29)/t21-,22-/m1/s1. The first-order valence-corrected chi connectivity index (χ1v) is 10.9. The van der Waals surface area contributed by atoms with Crippen molar-refractivity contribution in [2.24, 2.45) is 11.7 Å². The van der Waals surface area contributed by atoms with Gasteiger partial charge >= 0.3 is 6.03 Å². The Morgan fingerprint density at radius 2 is 1.63 bits per heavy atom. The summed E-state index contributed by atoms with van der Waals surface area (Å²) in [5.41, 5.74) is 8.30. The molecule has 2 aromatic carbocycles. The molecule has 0 aliphatic rings. The van der Waals surface area contributed by atoms with Gasteiger partial charge in [0.2, 0.25) is 5.91 Å². The summed E-state index contributed by atoms with van der Waals surface area (Å²) in [7, 11) is 0. The summed E-state index contributed by atoms with van der Waals surface area (Å²) in [5.74, 6) is 0.105. The van der Waals surface area contributed by atoms with Crippen LogP contribution in [0.3, 0.4) is 0 Å². The minimum absolute atomic E-state index is 0.207.